The number of amides is 1. The molecule has 0 aromatic heterocycles. The van der Waals surface area contributed by atoms with Gasteiger partial charge in [0.2, 0.25) is 5.91 Å². The highest BCUT2D eigenvalue weighted by Crippen LogP contribution is 2.27. The van der Waals surface area contributed by atoms with Gasteiger partial charge in [-0.15, -0.1) is 0 Å². The zero-order chi connectivity index (χ0) is 11.8. The first-order chi connectivity index (χ1) is 8.25. The molecule has 1 N–H and O–H groups in total. The molecule has 1 saturated carbocycles. The number of para-hydroxylation sites is 1. The molecule has 2 aliphatic rings. The molecule has 1 aromatic carbocycles. The molecule has 1 heterocycles. The monoisotopic (exact) mass is 234 g/mol. The van der Waals surface area contributed by atoms with Crippen LogP contribution in [0.25, 0.3) is 0 Å². The van der Waals surface area contributed by atoms with E-state index in [0.29, 0.717) is 18.3 Å². The summed E-state index contributed by atoms with van der Waals surface area (Å²) in [6.45, 7) is 0.601. The summed E-state index contributed by atoms with van der Waals surface area (Å²) >= 11 is 0. The van der Waals surface area contributed by atoms with Crippen molar-refractivity contribution in [2.45, 2.75) is 31.3 Å². The zero-order valence-corrected chi connectivity index (χ0v) is 9.53. The minimum atomic E-state index is -0.326. The average molecular weight is 234 g/mol. The molecule has 1 atom stereocenters. The van der Waals surface area contributed by atoms with E-state index in [1.54, 1.807) is 23.1 Å². The lowest BCUT2D eigenvalue weighted by Crippen LogP contribution is -2.39. The van der Waals surface area contributed by atoms with Crippen molar-refractivity contribution in [1.29, 1.82) is 0 Å². The Kier molecular flexibility index (Phi) is 2.59. The molecule has 0 radical (unpaired) electrons. The number of carbonyl (C=O) groups excluding carboxylic acids is 1. The Bertz CT molecular complexity index is 445. The van der Waals surface area contributed by atoms with Gasteiger partial charge in [-0.1, -0.05) is 12.1 Å². The molecule has 4 heteroatoms. The third kappa shape index (κ3) is 2.05. The molecule has 1 amide bonds. The van der Waals surface area contributed by atoms with Crippen LogP contribution >= 0.6 is 0 Å². The summed E-state index contributed by atoms with van der Waals surface area (Å²) in [5.74, 6) is -0.324. The number of hydrogen-bond donors (Lipinski definition) is 1. The predicted molar refractivity (Wildman–Crippen MR) is 63.3 cm³/mol. The van der Waals surface area contributed by atoms with Gasteiger partial charge in [0.15, 0.2) is 0 Å². The van der Waals surface area contributed by atoms with Gasteiger partial charge in [-0.25, -0.2) is 4.39 Å². The van der Waals surface area contributed by atoms with Gasteiger partial charge in [0.1, 0.15) is 5.82 Å². The van der Waals surface area contributed by atoms with Gasteiger partial charge < -0.3 is 10.2 Å². The second kappa shape index (κ2) is 4.11. The van der Waals surface area contributed by atoms with Crippen LogP contribution in [-0.4, -0.2) is 24.5 Å². The van der Waals surface area contributed by atoms with E-state index in [1.807, 2.05) is 0 Å². The number of carbonyl (C=O) groups is 1. The highest BCUT2D eigenvalue weighted by Gasteiger charge is 2.36. The minimum Gasteiger partial charge on any atom is -0.308 e. The third-order valence-corrected chi connectivity index (χ3v) is 3.36. The van der Waals surface area contributed by atoms with Crippen molar-refractivity contribution in [2.24, 2.45) is 0 Å². The van der Waals surface area contributed by atoms with Gasteiger partial charge in [-0.3, -0.25) is 4.79 Å². The maximum Gasteiger partial charge on any atom is 0.244 e. The molecule has 1 aliphatic heterocycles. The Morgan fingerprint density at radius 1 is 1.24 bits per heavy atom. The van der Waals surface area contributed by atoms with Crippen LogP contribution in [0.15, 0.2) is 24.3 Å². The molecule has 90 valence electrons. The first-order valence-electron chi connectivity index (χ1n) is 6.07. The zero-order valence-electron chi connectivity index (χ0n) is 9.53. The van der Waals surface area contributed by atoms with Gasteiger partial charge in [-0.05, 0) is 31.4 Å². The first-order valence-corrected chi connectivity index (χ1v) is 6.07. The lowest BCUT2D eigenvalue weighted by atomic mass is 10.2. The largest absolute Gasteiger partial charge is 0.308 e. The molecular formula is C13H15FN2O. The van der Waals surface area contributed by atoms with Crippen molar-refractivity contribution in [3.8, 4) is 0 Å². The molecule has 0 bridgehead atoms. The summed E-state index contributed by atoms with van der Waals surface area (Å²) in [6.07, 6.45) is 3.08. The Morgan fingerprint density at radius 3 is 2.71 bits per heavy atom. The van der Waals surface area contributed by atoms with Crippen molar-refractivity contribution in [3.05, 3.63) is 30.1 Å². The van der Waals surface area contributed by atoms with E-state index in [2.05, 4.69) is 5.32 Å². The number of rotatable bonds is 3. The summed E-state index contributed by atoms with van der Waals surface area (Å²) in [6, 6.07) is 6.83. The number of benzene rings is 1. The van der Waals surface area contributed by atoms with Crippen LogP contribution in [-0.2, 0) is 4.79 Å². The van der Waals surface area contributed by atoms with Crippen LogP contribution in [0.1, 0.15) is 19.3 Å². The highest BCUT2D eigenvalue weighted by atomic mass is 19.1. The Balaban J connectivity index is 1.76. The summed E-state index contributed by atoms with van der Waals surface area (Å²) in [7, 11) is 0. The molecule has 3 rings (SSSR count). The molecule has 17 heavy (non-hydrogen) atoms. The first kappa shape index (κ1) is 10.7. The van der Waals surface area contributed by atoms with Crippen LogP contribution in [0, 0.1) is 5.82 Å². The predicted octanol–water partition coefficient (Wildman–Crippen LogP) is 1.68. The van der Waals surface area contributed by atoms with Crippen molar-refractivity contribution in [1.82, 2.24) is 5.32 Å². The van der Waals surface area contributed by atoms with E-state index in [9.17, 15) is 9.18 Å². The Hall–Kier alpha value is -1.42. The second-order valence-corrected chi connectivity index (χ2v) is 4.72. The fraction of sp³-hybridized carbons (Fsp3) is 0.462. The summed E-state index contributed by atoms with van der Waals surface area (Å²) in [4.78, 5) is 13.7. The van der Waals surface area contributed by atoms with Gasteiger partial charge >= 0.3 is 0 Å². The van der Waals surface area contributed by atoms with Crippen LogP contribution in [0.4, 0.5) is 10.1 Å². The molecule has 1 aliphatic carbocycles. The molecule has 2 fully saturated rings. The molecule has 1 aromatic rings. The van der Waals surface area contributed by atoms with E-state index >= 15 is 0 Å². The average Bonchev–Trinajstić information content (AvgIpc) is 3.07. The normalized spacial score (nSPS) is 24.4. The van der Waals surface area contributed by atoms with E-state index in [1.165, 1.54) is 6.07 Å². The van der Waals surface area contributed by atoms with E-state index < -0.39 is 0 Å². The van der Waals surface area contributed by atoms with Crippen molar-refractivity contribution >= 4 is 11.6 Å². The second-order valence-electron chi connectivity index (χ2n) is 4.72. The number of hydrogen-bond acceptors (Lipinski definition) is 2. The topological polar surface area (TPSA) is 32.3 Å². The van der Waals surface area contributed by atoms with Crippen LogP contribution in [0.5, 0.6) is 0 Å². The lowest BCUT2D eigenvalue weighted by molar-refractivity contribution is -0.118. The third-order valence-electron chi connectivity index (χ3n) is 3.36. The number of anilines is 1. The fourth-order valence-electron chi connectivity index (χ4n) is 2.28. The standard InChI is InChI=1S/C13H15FN2O/c14-10-3-1-2-4-12(10)16-8-7-11(13(16)17)15-9-5-6-9/h1-4,9,11,15H,5-8H2. The molecule has 1 saturated heterocycles. The fourth-order valence-corrected chi connectivity index (χ4v) is 2.28. The van der Waals surface area contributed by atoms with Gasteiger partial charge in [0.25, 0.3) is 0 Å². The van der Waals surface area contributed by atoms with Crippen LogP contribution in [0.3, 0.4) is 0 Å². The Morgan fingerprint density at radius 2 is 2.00 bits per heavy atom. The quantitative estimate of drug-likeness (QED) is 0.863. The molecule has 1 unspecified atom stereocenters. The van der Waals surface area contributed by atoms with E-state index in [0.717, 1.165) is 19.3 Å². The summed E-state index contributed by atoms with van der Waals surface area (Å²) in [5, 5.41) is 3.31. The van der Waals surface area contributed by atoms with E-state index in [4.69, 9.17) is 0 Å². The maximum absolute atomic E-state index is 13.6. The number of nitrogens with zero attached hydrogens (tertiary/aromatic N) is 1. The van der Waals surface area contributed by atoms with Crippen LogP contribution in [0.2, 0.25) is 0 Å². The minimum absolute atomic E-state index is 0.00185. The van der Waals surface area contributed by atoms with Crippen molar-refractivity contribution in [3.63, 3.8) is 0 Å². The van der Waals surface area contributed by atoms with Gasteiger partial charge in [0, 0.05) is 12.6 Å². The van der Waals surface area contributed by atoms with E-state index in [-0.39, 0.29) is 17.8 Å². The molecular weight excluding hydrogens is 219 g/mol. The maximum atomic E-state index is 13.6. The summed E-state index contributed by atoms with van der Waals surface area (Å²) in [5.41, 5.74) is 0.401. The Labute approximate surface area is 99.6 Å². The molecule has 0 spiro atoms. The molecule has 3 nitrogen and oxygen atoms in total. The number of halogens is 1. The van der Waals surface area contributed by atoms with Crippen molar-refractivity contribution < 1.29 is 9.18 Å². The summed E-state index contributed by atoms with van der Waals surface area (Å²) < 4.78 is 13.6. The highest BCUT2D eigenvalue weighted by molar-refractivity contribution is 5.99. The van der Waals surface area contributed by atoms with Crippen molar-refractivity contribution in [2.75, 3.05) is 11.4 Å². The number of nitrogens with one attached hydrogen (secondary N) is 1. The SMILES string of the molecule is O=C1C(NC2CC2)CCN1c1ccccc1F. The van der Waals surface area contributed by atoms with Crippen LogP contribution < -0.4 is 10.2 Å². The smallest absolute Gasteiger partial charge is 0.244 e. The van der Waals surface area contributed by atoms with Gasteiger partial charge in [-0.2, -0.15) is 0 Å². The lowest BCUT2D eigenvalue weighted by Gasteiger charge is -2.17. The van der Waals surface area contributed by atoms with Gasteiger partial charge in [0.05, 0.1) is 11.7 Å².